The van der Waals surface area contributed by atoms with Gasteiger partial charge in [0.05, 0.1) is 4.90 Å². The molecule has 3 nitrogen and oxygen atoms in total. The third-order valence-corrected chi connectivity index (χ3v) is 6.51. The molecule has 2 aromatic carbocycles. The summed E-state index contributed by atoms with van der Waals surface area (Å²) in [5.74, 6) is 0.574. The second-order valence-electron chi connectivity index (χ2n) is 7.94. The van der Waals surface area contributed by atoms with Crippen molar-refractivity contribution in [2.24, 2.45) is 0 Å². The summed E-state index contributed by atoms with van der Waals surface area (Å²) in [6, 6.07) is 11.3. The zero-order chi connectivity index (χ0) is 20.4. The van der Waals surface area contributed by atoms with Crippen LogP contribution < -0.4 is 4.72 Å². The van der Waals surface area contributed by atoms with E-state index in [4.69, 9.17) is 11.6 Å². The lowest BCUT2D eigenvalue weighted by Gasteiger charge is -2.23. The lowest BCUT2D eigenvalue weighted by atomic mass is 9.89. The van der Waals surface area contributed by atoms with Crippen molar-refractivity contribution in [2.75, 3.05) is 0 Å². The minimum absolute atomic E-state index is 0.114. The molecule has 0 aromatic heterocycles. The molecule has 2 rings (SSSR count). The summed E-state index contributed by atoms with van der Waals surface area (Å²) in [4.78, 5) is 0.436. The van der Waals surface area contributed by atoms with Crippen LogP contribution in [0.1, 0.15) is 81.5 Å². The van der Waals surface area contributed by atoms with Crippen LogP contribution in [0.2, 0.25) is 5.02 Å². The van der Waals surface area contributed by atoms with Crippen molar-refractivity contribution in [3.05, 3.63) is 63.7 Å². The lowest BCUT2D eigenvalue weighted by Crippen LogP contribution is -2.26. The summed E-state index contributed by atoms with van der Waals surface area (Å²) in [6.07, 6.45) is 0. The molecular weight excluding hydrogens is 378 g/mol. The number of halogens is 1. The molecule has 0 aliphatic rings. The first-order chi connectivity index (χ1) is 12.5. The first-order valence-corrected chi connectivity index (χ1v) is 11.3. The van der Waals surface area contributed by atoms with Gasteiger partial charge in [-0.25, -0.2) is 13.1 Å². The Morgan fingerprint density at radius 2 is 1.33 bits per heavy atom. The Kier molecular flexibility index (Phi) is 7.12. The minimum atomic E-state index is -3.65. The number of sulfonamides is 1. The van der Waals surface area contributed by atoms with Crippen LogP contribution in [0, 0.1) is 0 Å². The summed E-state index contributed by atoms with van der Waals surface area (Å²) in [7, 11) is -3.65. The van der Waals surface area contributed by atoms with Crippen LogP contribution in [0.15, 0.2) is 41.3 Å². The number of benzene rings is 2. The van der Waals surface area contributed by atoms with Gasteiger partial charge in [0.15, 0.2) is 0 Å². The fourth-order valence-corrected chi connectivity index (χ4v) is 4.89. The molecule has 0 saturated carbocycles. The van der Waals surface area contributed by atoms with Crippen molar-refractivity contribution in [1.82, 2.24) is 4.72 Å². The zero-order valence-corrected chi connectivity index (χ0v) is 18.6. The molecule has 2 aromatic rings. The van der Waals surface area contributed by atoms with Gasteiger partial charge in [-0.1, -0.05) is 77.4 Å². The van der Waals surface area contributed by atoms with Gasteiger partial charge in [0.25, 0.3) is 0 Å². The fraction of sp³-hybridized carbons (Fsp3) is 0.455. The van der Waals surface area contributed by atoms with E-state index in [1.807, 2.05) is 39.8 Å². The van der Waals surface area contributed by atoms with Crippen LogP contribution in [0.5, 0.6) is 0 Å². The molecule has 0 heterocycles. The Morgan fingerprint density at radius 3 is 1.74 bits per heavy atom. The Balaban J connectivity index is 2.51. The molecule has 0 aliphatic heterocycles. The highest BCUT2D eigenvalue weighted by molar-refractivity contribution is 7.89. The van der Waals surface area contributed by atoms with Crippen molar-refractivity contribution in [3.63, 3.8) is 0 Å². The van der Waals surface area contributed by atoms with Crippen molar-refractivity contribution in [3.8, 4) is 0 Å². The summed E-state index contributed by atoms with van der Waals surface area (Å²) in [6.45, 7) is 12.7. The smallest absolute Gasteiger partial charge is 0.207 e. The second kappa shape index (κ2) is 8.76. The Morgan fingerprint density at radius 1 is 0.852 bits per heavy atom. The minimum Gasteiger partial charge on any atom is -0.207 e. The van der Waals surface area contributed by atoms with Crippen LogP contribution in [-0.2, 0) is 16.6 Å². The number of nitrogens with one attached hydrogen (secondary N) is 1. The van der Waals surface area contributed by atoms with Gasteiger partial charge in [0.2, 0.25) is 10.0 Å². The maximum Gasteiger partial charge on any atom is 0.241 e. The molecule has 0 amide bonds. The number of hydrogen-bond acceptors (Lipinski definition) is 2. The Bertz CT molecular complexity index is 856. The highest BCUT2D eigenvalue weighted by Crippen LogP contribution is 2.35. The summed E-state index contributed by atoms with van der Waals surface area (Å²) in [5, 5.41) is 0.634. The zero-order valence-electron chi connectivity index (χ0n) is 17.0. The van der Waals surface area contributed by atoms with Gasteiger partial charge in [-0.15, -0.1) is 0 Å². The summed E-state index contributed by atoms with van der Waals surface area (Å²) in [5.41, 5.74) is 3.82. The quantitative estimate of drug-likeness (QED) is 0.594. The molecule has 1 N–H and O–H groups in total. The molecule has 0 aliphatic carbocycles. The standard InChI is InChI=1S/C22H30ClNO2S/c1-14(2)18-11-20(15(3)4)22(21(12-18)16(5)6)27(25,26)24-13-17-7-9-19(23)10-8-17/h7-12,14-16,24H,13H2,1-6H3. The molecule has 0 atom stereocenters. The molecule has 0 fully saturated rings. The highest BCUT2D eigenvalue weighted by Gasteiger charge is 2.26. The second-order valence-corrected chi connectivity index (χ2v) is 10.1. The normalized spacial score (nSPS) is 12.4. The van der Waals surface area contributed by atoms with Crippen LogP contribution in [-0.4, -0.2) is 8.42 Å². The molecule has 5 heteroatoms. The third-order valence-electron chi connectivity index (χ3n) is 4.73. The van der Waals surface area contributed by atoms with Gasteiger partial charge in [0, 0.05) is 11.6 Å². The Hall–Kier alpha value is -1.36. The van der Waals surface area contributed by atoms with E-state index in [0.717, 1.165) is 16.7 Å². The van der Waals surface area contributed by atoms with Gasteiger partial charge >= 0.3 is 0 Å². The lowest BCUT2D eigenvalue weighted by molar-refractivity contribution is 0.575. The van der Waals surface area contributed by atoms with Gasteiger partial charge in [0.1, 0.15) is 0 Å². The molecule has 0 saturated heterocycles. The third kappa shape index (κ3) is 5.34. The van der Waals surface area contributed by atoms with E-state index < -0.39 is 10.0 Å². The molecule has 148 valence electrons. The van der Waals surface area contributed by atoms with Crippen molar-refractivity contribution in [2.45, 2.75) is 70.7 Å². The van der Waals surface area contributed by atoms with Gasteiger partial charge < -0.3 is 0 Å². The van der Waals surface area contributed by atoms with E-state index in [1.54, 1.807) is 12.1 Å². The molecule has 0 radical (unpaired) electrons. The van der Waals surface area contributed by atoms with E-state index in [-0.39, 0.29) is 18.4 Å². The van der Waals surface area contributed by atoms with E-state index in [9.17, 15) is 8.42 Å². The van der Waals surface area contributed by atoms with Gasteiger partial charge in [-0.2, -0.15) is 0 Å². The predicted octanol–water partition coefficient (Wildman–Crippen LogP) is 6.19. The molecule has 0 bridgehead atoms. The first-order valence-electron chi connectivity index (χ1n) is 9.44. The predicted molar refractivity (Wildman–Crippen MR) is 114 cm³/mol. The first kappa shape index (κ1) is 21.9. The van der Waals surface area contributed by atoms with Crippen LogP contribution in [0.4, 0.5) is 0 Å². The Labute approximate surface area is 169 Å². The highest BCUT2D eigenvalue weighted by atomic mass is 35.5. The largest absolute Gasteiger partial charge is 0.241 e. The molecular formula is C22H30ClNO2S. The maximum absolute atomic E-state index is 13.3. The van der Waals surface area contributed by atoms with Crippen LogP contribution in [0.3, 0.4) is 0 Å². The summed E-state index contributed by atoms with van der Waals surface area (Å²) >= 11 is 5.91. The molecule has 27 heavy (non-hydrogen) atoms. The van der Waals surface area contributed by atoms with Crippen molar-refractivity contribution >= 4 is 21.6 Å². The van der Waals surface area contributed by atoms with Crippen LogP contribution >= 0.6 is 11.6 Å². The topological polar surface area (TPSA) is 46.2 Å². The van der Waals surface area contributed by atoms with Crippen LogP contribution in [0.25, 0.3) is 0 Å². The van der Waals surface area contributed by atoms with Gasteiger partial charge in [-0.3, -0.25) is 0 Å². The average Bonchev–Trinajstić information content (AvgIpc) is 2.59. The van der Waals surface area contributed by atoms with Crippen molar-refractivity contribution < 1.29 is 8.42 Å². The number of rotatable bonds is 7. The SMILES string of the molecule is CC(C)c1cc(C(C)C)c(S(=O)(=O)NCc2ccc(Cl)cc2)c(C(C)C)c1. The van der Waals surface area contributed by atoms with E-state index in [2.05, 4.69) is 30.7 Å². The van der Waals surface area contributed by atoms with E-state index >= 15 is 0 Å². The fourth-order valence-electron chi connectivity index (χ4n) is 3.05. The number of hydrogen-bond donors (Lipinski definition) is 1. The van der Waals surface area contributed by atoms with E-state index in [0.29, 0.717) is 15.8 Å². The monoisotopic (exact) mass is 407 g/mol. The molecule has 0 unspecified atom stereocenters. The maximum atomic E-state index is 13.3. The summed E-state index contributed by atoms with van der Waals surface area (Å²) < 4.78 is 29.3. The molecule has 0 spiro atoms. The van der Waals surface area contributed by atoms with Crippen molar-refractivity contribution in [1.29, 1.82) is 0 Å². The average molecular weight is 408 g/mol. The van der Waals surface area contributed by atoms with Gasteiger partial charge in [-0.05, 0) is 52.1 Å². The van der Waals surface area contributed by atoms with E-state index in [1.165, 1.54) is 5.56 Å².